The Balaban J connectivity index is 2.30. The van der Waals surface area contributed by atoms with Gasteiger partial charge in [0.2, 0.25) is 5.91 Å². The molecule has 0 aliphatic carbocycles. The number of amides is 1. The number of likely N-dealkylation sites (N-methyl/N-ethyl adjacent to an activating group) is 1. The fourth-order valence-corrected chi connectivity index (χ4v) is 1.80. The Morgan fingerprint density at radius 2 is 1.75 bits per heavy atom. The van der Waals surface area contributed by atoms with Gasteiger partial charge in [-0.2, -0.15) is 0 Å². The number of carbonyl (C=O) groups is 2. The second-order valence-corrected chi connectivity index (χ2v) is 4.88. The van der Waals surface area contributed by atoms with E-state index in [9.17, 15) is 9.59 Å². The van der Waals surface area contributed by atoms with Crippen molar-refractivity contribution in [3.05, 3.63) is 0 Å². The SMILES string of the molecule is CC(C)C(=O)CN(C)CC(=O)N1CCCC1. The second-order valence-electron chi connectivity index (χ2n) is 4.88. The molecule has 0 unspecified atom stereocenters. The van der Waals surface area contributed by atoms with Crippen molar-refractivity contribution < 1.29 is 9.59 Å². The smallest absolute Gasteiger partial charge is 0.236 e. The zero-order valence-electron chi connectivity index (χ0n) is 10.5. The normalized spacial score (nSPS) is 16.2. The van der Waals surface area contributed by atoms with E-state index >= 15 is 0 Å². The van der Waals surface area contributed by atoms with Crippen LogP contribution in [0.25, 0.3) is 0 Å². The molecule has 0 aromatic carbocycles. The summed E-state index contributed by atoms with van der Waals surface area (Å²) in [4.78, 5) is 27.0. The van der Waals surface area contributed by atoms with Crippen LogP contribution in [0.5, 0.6) is 0 Å². The Morgan fingerprint density at radius 1 is 1.19 bits per heavy atom. The summed E-state index contributed by atoms with van der Waals surface area (Å²) in [5, 5.41) is 0. The van der Waals surface area contributed by atoms with Gasteiger partial charge in [-0.25, -0.2) is 0 Å². The number of nitrogens with zero attached hydrogens (tertiary/aromatic N) is 2. The van der Waals surface area contributed by atoms with Gasteiger partial charge in [0.1, 0.15) is 5.78 Å². The van der Waals surface area contributed by atoms with Crippen LogP contribution in [0.15, 0.2) is 0 Å². The third kappa shape index (κ3) is 3.93. The number of ketones is 1. The van der Waals surface area contributed by atoms with E-state index in [1.165, 1.54) is 0 Å². The van der Waals surface area contributed by atoms with Gasteiger partial charge in [-0.1, -0.05) is 13.8 Å². The summed E-state index contributed by atoms with van der Waals surface area (Å²) in [6.07, 6.45) is 2.22. The van der Waals surface area contributed by atoms with Crippen molar-refractivity contribution in [2.75, 3.05) is 33.2 Å². The number of hydrogen-bond acceptors (Lipinski definition) is 3. The van der Waals surface area contributed by atoms with Crippen molar-refractivity contribution in [3.8, 4) is 0 Å². The molecule has 0 radical (unpaired) electrons. The van der Waals surface area contributed by atoms with Crippen molar-refractivity contribution in [3.63, 3.8) is 0 Å². The lowest BCUT2D eigenvalue weighted by molar-refractivity contribution is -0.131. The molecule has 92 valence electrons. The van der Waals surface area contributed by atoms with Gasteiger partial charge in [-0.15, -0.1) is 0 Å². The zero-order valence-corrected chi connectivity index (χ0v) is 10.5. The van der Waals surface area contributed by atoms with Crippen LogP contribution in [-0.2, 0) is 9.59 Å². The average molecular weight is 226 g/mol. The van der Waals surface area contributed by atoms with Crippen LogP contribution in [-0.4, -0.2) is 54.7 Å². The summed E-state index contributed by atoms with van der Waals surface area (Å²) in [5.74, 6) is 0.387. The molecule has 0 saturated carbocycles. The Bertz CT molecular complexity index is 258. The predicted octanol–water partition coefficient (Wildman–Crippen LogP) is 0.766. The number of rotatable bonds is 5. The first kappa shape index (κ1) is 13.2. The van der Waals surface area contributed by atoms with Gasteiger partial charge in [-0.3, -0.25) is 14.5 Å². The van der Waals surface area contributed by atoms with Gasteiger partial charge >= 0.3 is 0 Å². The minimum atomic E-state index is 0.0457. The Labute approximate surface area is 97.6 Å². The molecule has 1 fully saturated rings. The molecule has 1 aliphatic rings. The first-order chi connectivity index (χ1) is 7.50. The number of Topliss-reactive ketones (excluding diaryl/α,β-unsaturated/α-hetero) is 1. The van der Waals surface area contributed by atoms with Crippen molar-refractivity contribution in [1.82, 2.24) is 9.80 Å². The molecule has 0 bridgehead atoms. The summed E-state index contributed by atoms with van der Waals surface area (Å²) in [6, 6.07) is 0. The van der Waals surface area contributed by atoms with Crippen molar-refractivity contribution in [2.24, 2.45) is 5.92 Å². The molecule has 1 aliphatic heterocycles. The van der Waals surface area contributed by atoms with E-state index in [1.807, 2.05) is 30.7 Å². The molecule has 0 spiro atoms. The third-order valence-corrected chi connectivity index (χ3v) is 2.93. The van der Waals surface area contributed by atoms with Crippen LogP contribution in [0.4, 0.5) is 0 Å². The highest BCUT2D eigenvalue weighted by atomic mass is 16.2. The van der Waals surface area contributed by atoms with Crippen molar-refractivity contribution >= 4 is 11.7 Å². The minimum absolute atomic E-state index is 0.0457. The lowest BCUT2D eigenvalue weighted by Gasteiger charge is -2.21. The van der Waals surface area contributed by atoms with Gasteiger partial charge in [0, 0.05) is 19.0 Å². The van der Waals surface area contributed by atoms with E-state index in [2.05, 4.69) is 0 Å². The fourth-order valence-electron chi connectivity index (χ4n) is 1.80. The quantitative estimate of drug-likeness (QED) is 0.695. The van der Waals surface area contributed by atoms with E-state index < -0.39 is 0 Å². The zero-order chi connectivity index (χ0) is 12.1. The fraction of sp³-hybridized carbons (Fsp3) is 0.833. The van der Waals surface area contributed by atoms with Crippen LogP contribution in [0, 0.1) is 5.92 Å². The first-order valence-corrected chi connectivity index (χ1v) is 5.99. The Morgan fingerprint density at radius 3 is 2.25 bits per heavy atom. The van der Waals surface area contributed by atoms with Crippen LogP contribution >= 0.6 is 0 Å². The first-order valence-electron chi connectivity index (χ1n) is 5.99. The highest BCUT2D eigenvalue weighted by molar-refractivity contribution is 5.83. The molecule has 1 heterocycles. The maximum atomic E-state index is 11.8. The lowest BCUT2D eigenvalue weighted by atomic mass is 10.1. The number of likely N-dealkylation sites (tertiary alicyclic amines) is 1. The predicted molar refractivity (Wildman–Crippen MR) is 63.2 cm³/mol. The summed E-state index contributed by atoms with van der Waals surface area (Å²) >= 11 is 0. The molecular formula is C12H22N2O2. The Hall–Kier alpha value is -0.900. The van der Waals surface area contributed by atoms with Gasteiger partial charge in [-0.05, 0) is 19.9 Å². The van der Waals surface area contributed by atoms with Crippen LogP contribution in [0.3, 0.4) is 0 Å². The van der Waals surface area contributed by atoms with Gasteiger partial charge in [0.15, 0.2) is 0 Å². The standard InChI is InChI=1S/C12H22N2O2/c1-10(2)11(15)8-13(3)9-12(16)14-6-4-5-7-14/h10H,4-9H2,1-3H3. The Kier molecular flexibility index (Phi) is 4.93. The summed E-state index contributed by atoms with van der Waals surface area (Å²) < 4.78 is 0. The summed E-state index contributed by atoms with van der Waals surface area (Å²) in [5.41, 5.74) is 0. The molecular weight excluding hydrogens is 204 g/mol. The number of hydrogen-bond donors (Lipinski definition) is 0. The van der Waals surface area contributed by atoms with E-state index in [0.29, 0.717) is 13.1 Å². The highest BCUT2D eigenvalue weighted by Crippen LogP contribution is 2.07. The molecule has 0 aromatic rings. The second kappa shape index (κ2) is 5.99. The third-order valence-electron chi connectivity index (χ3n) is 2.93. The van der Waals surface area contributed by atoms with E-state index in [1.54, 1.807) is 0 Å². The summed E-state index contributed by atoms with van der Waals surface area (Å²) in [7, 11) is 1.83. The highest BCUT2D eigenvalue weighted by Gasteiger charge is 2.20. The van der Waals surface area contributed by atoms with Crippen molar-refractivity contribution in [1.29, 1.82) is 0 Å². The van der Waals surface area contributed by atoms with Crippen LogP contribution in [0.2, 0.25) is 0 Å². The molecule has 16 heavy (non-hydrogen) atoms. The topological polar surface area (TPSA) is 40.6 Å². The largest absolute Gasteiger partial charge is 0.342 e. The molecule has 4 heteroatoms. The van der Waals surface area contributed by atoms with Crippen molar-refractivity contribution in [2.45, 2.75) is 26.7 Å². The van der Waals surface area contributed by atoms with Gasteiger partial charge in [0.05, 0.1) is 13.1 Å². The maximum Gasteiger partial charge on any atom is 0.236 e. The molecule has 0 N–H and O–H groups in total. The monoisotopic (exact) mass is 226 g/mol. The summed E-state index contributed by atoms with van der Waals surface area (Å²) in [6.45, 7) is 6.27. The van der Waals surface area contributed by atoms with Gasteiger partial charge in [0.25, 0.3) is 0 Å². The average Bonchev–Trinajstić information content (AvgIpc) is 2.69. The van der Waals surface area contributed by atoms with Gasteiger partial charge < -0.3 is 4.90 Å². The molecule has 1 rings (SSSR count). The number of carbonyl (C=O) groups excluding carboxylic acids is 2. The maximum absolute atomic E-state index is 11.8. The molecule has 1 amide bonds. The van der Waals surface area contributed by atoms with E-state index in [4.69, 9.17) is 0 Å². The molecule has 0 aromatic heterocycles. The minimum Gasteiger partial charge on any atom is -0.342 e. The molecule has 0 atom stereocenters. The van der Waals surface area contributed by atoms with Crippen LogP contribution < -0.4 is 0 Å². The van der Waals surface area contributed by atoms with Crippen LogP contribution in [0.1, 0.15) is 26.7 Å². The van der Waals surface area contributed by atoms with E-state index in [-0.39, 0.29) is 17.6 Å². The lowest BCUT2D eigenvalue weighted by Crippen LogP contribution is -2.39. The van der Waals surface area contributed by atoms with E-state index in [0.717, 1.165) is 25.9 Å². The molecule has 4 nitrogen and oxygen atoms in total. The molecule has 1 saturated heterocycles.